The summed E-state index contributed by atoms with van der Waals surface area (Å²) in [6.07, 6.45) is 5.81. The van der Waals surface area contributed by atoms with E-state index in [1.54, 1.807) is 59.9 Å². The molecule has 5 N–H and O–H groups in total. The normalized spacial score (nSPS) is 10.3. The second-order valence-corrected chi connectivity index (χ2v) is 39.7. The standard InChI is InChI=1S/C18H17N3O2S.C18H17N3OS.C13H14N2OS.C12H15NO2S.C11H13NO2S.C11H11NOS.C11H14O3S2.C9H10BrNOS.C8H8BrNOS/c1-23-15-9-7-13(8-10-15)16-11-17(19-18(22)12-24)21(20-16)14-5-3-2-4-6-14;1-13-7-9-14(10-8-13)16-11-17(19-18(22)12-23)21(20-16)15-5-3-2-4-6-15;1-9-2-4-10(5-3-9)13-7-11(14-15-13)6-12(16)8-17;1-2-12(15)13-10-5-3-4-9(6-10)7-11(14)8-16;1-8(13)12-11-5-3-2-4-9(11)6-10(14)7-15;1-8-2-3-9(4-10(8)6-12)5-11(13)7-14;1-16(13,14)8-10-4-2-3-9(5-10)6-11(12)7-15;1-6-9(10)3-2-7(11-6)4-8(12)5-13;9-8-2-1-6(4-10-8)3-7(11)5-12/h2-11,24H,12H2,1H3,(H,19,22);2-11,23H,12H2,1H3,(H,19,22);2-5,7,17H,6,8H2,1H3,(H,14,15);3-6,16H,2,7-8H2,1H3,(H,13,15);2-5,15H,6-7H2,1H3,(H,12,13);2-4,14H,5,7H2,1H3;2-5,15H,6-8H2,1H3;2-3,13H,4-5H2,1H3;1-2,4,12H,3,5H2. The predicted octanol–water partition coefficient (Wildman–Crippen LogP) is 20.6. The Morgan fingerprint density at radius 2 is 0.867 bits per heavy atom. The third-order valence-corrected chi connectivity index (χ3v) is 25.7. The molecule has 9 aromatic carbocycles. The fraction of sp³-hybridized carbons (Fsp3) is 0.234. The fourth-order valence-electron chi connectivity index (χ4n) is 13.1. The molecule has 0 atom stereocenters. The number of H-pyrrole nitrogens is 1. The van der Waals surface area contributed by atoms with E-state index >= 15 is 0 Å². The van der Waals surface area contributed by atoms with Gasteiger partial charge in [-0.05, 0) is 196 Å². The Morgan fingerprint density at radius 3 is 1.33 bits per heavy atom. The van der Waals surface area contributed by atoms with Crippen molar-refractivity contribution in [3.05, 3.63) is 355 Å². The Labute approximate surface area is 941 Å². The zero-order valence-corrected chi connectivity index (χ0v) is 95.7. The maximum absolute atomic E-state index is 11.7. The van der Waals surface area contributed by atoms with Crippen LogP contribution in [0.15, 0.2) is 282 Å². The number of pyridine rings is 2. The number of nitriles is 1. The smallest absolute Gasteiger partial charge is 0.235 e. The molecule has 0 unspecified atom stereocenters. The zero-order valence-electron chi connectivity index (χ0n) is 83.7. The van der Waals surface area contributed by atoms with Crippen LogP contribution in [0.2, 0.25) is 0 Å². The molecule has 0 aliphatic heterocycles. The molecule has 14 aromatic rings. The molecular formula is C111H119Br2N13O14S10. The number of nitrogens with one attached hydrogen (secondary N) is 5. The molecule has 39 heteroatoms. The summed E-state index contributed by atoms with van der Waals surface area (Å²) < 4.78 is 32.6. The van der Waals surface area contributed by atoms with E-state index in [1.165, 1.54) is 24.3 Å². The number of ether oxygens (including phenoxy) is 1. The first kappa shape index (κ1) is 126. The maximum atomic E-state index is 11.7. The molecule has 4 amide bonds. The van der Waals surface area contributed by atoms with Crippen molar-refractivity contribution in [2.24, 2.45) is 0 Å². The highest BCUT2D eigenvalue weighted by Gasteiger charge is 2.19. The van der Waals surface area contributed by atoms with Gasteiger partial charge in [-0.2, -0.15) is 134 Å². The minimum atomic E-state index is -3.03. The van der Waals surface area contributed by atoms with Gasteiger partial charge in [-0.3, -0.25) is 62.8 Å². The SMILES string of the molecule is CC(=O)Nc1ccccc1CC(=O)CS.CCC(=O)Nc1cccc(CC(=O)CS)c1.COc1ccc(-c2cc(NC(=O)CS)n(-c3ccccc3)n2)cc1.CS(=O)(=O)Cc1cccc(CC(=O)CS)c1.Cc1ccc(-c2cc(CC(=O)CS)[nH]n2)cc1.Cc1ccc(-c2cc(NC(=O)CS)n(-c3ccccc3)n2)cc1.Cc1ccc(CC(=O)CS)cc1C#N.Cc1nc(CC(=O)CS)ccc1Br.O=C(CS)Cc1ccc(Br)nc1. The molecular weight excluding hydrogens is 2220 g/mol. The number of halogens is 2. The number of sulfone groups is 1. The number of amides is 4. The van der Waals surface area contributed by atoms with Crippen molar-refractivity contribution in [1.82, 2.24) is 39.7 Å². The monoisotopic (exact) mass is 2340 g/mol. The van der Waals surface area contributed by atoms with Gasteiger partial charge in [0, 0.05) is 167 Å². The van der Waals surface area contributed by atoms with Gasteiger partial charge in [-0.1, -0.05) is 176 Å². The van der Waals surface area contributed by atoms with Crippen molar-refractivity contribution in [2.45, 2.75) is 98.7 Å². The van der Waals surface area contributed by atoms with E-state index < -0.39 is 9.84 Å². The molecule has 0 fully saturated rings. The predicted molar refractivity (Wildman–Crippen MR) is 637 cm³/mol. The van der Waals surface area contributed by atoms with Gasteiger partial charge in [0.25, 0.3) is 0 Å². The first-order valence-corrected chi connectivity index (χ1v) is 55.7. The summed E-state index contributed by atoms with van der Waals surface area (Å²) in [5.41, 5.74) is 20.2. The zero-order chi connectivity index (χ0) is 110. The van der Waals surface area contributed by atoms with Crippen LogP contribution in [0, 0.1) is 39.0 Å². The highest BCUT2D eigenvalue weighted by Crippen LogP contribution is 2.30. The summed E-state index contributed by atoms with van der Waals surface area (Å²) in [6, 6.07) is 85.6. The van der Waals surface area contributed by atoms with Crippen LogP contribution in [0.4, 0.5) is 23.0 Å². The molecule has 0 bridgehead atoms. The van der Waals surface area contributed by atoms with Crippen LogP contribution in [0.25, 0.3) is 45.1 Å². The molecule has 0 spiro atoms. The molecule has 27 nitrogen and oxygen atoms in total. The minimum absolute atomic E-state index is 0.00983. The highest BCUT2D eigenvalue weighted by atomic mass is 79.9. The average Bonchev–Trinajstić information content (AvgIpc) is 1.66. The molecule has 0 radical (unpaired) electrons. The Morgan fingerprint density at radius 1 is 0.427 bits per heavy atom. The number of para-hydroxylation sites is 3. The number of ketones is 7. The number of carbonyl (C=O) groups excluding carboxylic acids is 11. The lowest BCUT2D eigenvalue weighted by molar-refractivity contribution is -0.116. The maximum Gasteiger partial charge on any atom is 0.235 e. The Balaban J connectivity index is 0.000000260. The summed E-state index contributed by atoms with van der Waals surface area (Å²) in [4.78, 5) is 132. The van der Waals surface area contributed by atoms with Crippen molar-refractivity contribution in [3.8, 4) is 57.0 Å². The molecule has 0 saturated heterocycles. The summed E-state index contributed by atoms with van der Waals surface area (Å²) in [6.45, 7) is 11.1. The van der Waals surface area contributed by atoms with E-state index in [0.29, 0.717) is 79.8 Å². The molecule has 786 valence electrons. The second kappa shape index (κ2) is 68.6. The number of benzene rings is 9. The van der Waals surface area contributed by atoms with Crippen molar-refractivity contribution in [2.75, 3.05) is 86.4 Å². The largest absolute Gasteiger partial charge is 0.497 e. The lowest BCUT2D eigenvalue weighted by Crippen LogP contribution is -2.15. The number of anilines is 4. The average molecular weight is 2340 g/mol. The minimum Gasteiger partial charge on any atom is -0.497 e. The third kappa shape index (κ3) is 48.0. The van der Waals surface area contributed by atoms with Gasteiger partial charge >= 0.3 is 0 Å². The number of nitrogens with zero attached hydrogens (tertiary/aromatic N) is 8. The van der Waals surface area contributed by atoms with Gasteiger partial charge in [0.05, 0.1) is 70.2 Å². The summed E-state index contributed by atoms with van der Waals surface area (Å²) in [5.74, 6) is 3.98. The van der Waals surface area contributed by atoms with Crippen molar-refractivity contribution >= 4 is 242 Å². The van der Waals surface area contributed by atoms with Crippen LogP contribution < -0.4 is 26.0 Å². The number of thiol groups is 9. The number of aromatic amines is 1. The summed E-state index contributed by atoms with van der Waals surface area (Å²) >= 11 is 42.0. The van der Waals surface area contributed by atoms with E-state index in [9.17, 15) is 61.2 Å². The molecule has 0 aliphatic carbocycles. The van der Waals surface area contributed by atoms with E-state index in [-0.39, 0.29) is 122 Å². The van der Waals surface area contributed by atoms with Crippen molar-refractivity contribution in [1.29, 1.82) is 5.26 Å². The van der Waals surface area contributed by atoms with E-state index in [2.05, 4.69) is 203 Å². The molecule has 14 rings (SSSR count). The van der Waals surface area contributed by atoms with Gasteiger partial charge in [-0.25, -0.2) is 22.8 Å². The number of methoxy groups -OCH3 is 1. The molecule has 0 aliphatic rings. The molecule has 5 heterocycles. The van der Waals surface area contributed by atoms with Crippen LogP contribution in [0.5, 0.6) is 5.75 Å². The highest BCUT2D eigenvalue weighted by molar-refractivity contribution is 9.10. The van der Waals surface area contributed by atoms with Crippen LogP contribution in [0.3, 0.4) is 0 Å². The number of carbonyl (C=O) groups is 11. The van der Waals surface area contributed by atoms with E-state index in [4.69, 9.17) is 10.00 Å². The van der Waals surface area contributed by atoms with Gasteiger partial charge in [0.2, 0.25) is 23.6 Å². The third-order valence-electron chi connectivity index (χ3n) is 20.5. The quantitative estimate of drug-likeness (QED) is 0.0128. The lowest BCUT2D eigenvalue weighted by atomic mass is 10.0. The van der Waals surface area contributed by atoms with E-state index in [0.717, 1.165) is 116 Å². The number of rotatable bonds is 36. The van der Waals surface area contributed by atoms with Gasteiger partial charge in [0.1, 0.15) is 62.5 Å². The van der Waals surface area contributed by atoms with Gasteiger partial charge in [0.15, 0.2) is 9.84 Å². The van der Waals surface area contributed by atoms with E-state index in [1.807, 2.05) is 264 Å². The number of aryl methyl sites for hydroxylation is 4. The topological polar surface area (TPSA) is 393 Å². The van der Waals surface area contributed by atoms with Gasteiger partial charge < -0.3 is 26.0 Å². The molecule has 150 heavy (non-hydrogen) atoms. The Hall–Kier alpha value is -12.2. The van der Waals surface area contributed by atoms with Crippen LogP contribution in [0.1, 0.15) is 93.0 Å². The number of hydrogen-bond donors (Lipinski definition) is 14. The first-order chi connectivity index (χ1) is 71.8. The summed E-state index contributed by atoms with van der Waals surface area (Å²) in [7, 11) is -1.40. The van der Waals surface area contributed by atoms with Crippen LogP contribution in [-0.4, -0.2) is 177 Å². The molecule has 5 aromatic heterocycles. The first-order valence-electron chi connectivity index (χ1n) is 46.3. The van der Waals surface area contributed by atoms with Crippen molar-refractivity contribution < 1.29 is 65.9 Å². The second-order valence-electron chi connectivity index (χ2n) is 33.0. The van der Waals surface area contributed by atoms with Gasteiger partial charge in [-0.15, -0.1) is 0 Å². The van der Waals surface area contributed by atoms with Crippen LogP contribution >= 0.6 is 146 Å². The Bertz CT molecular complexity index is 6930. The van der Waals surface area contributed by atoms with Crippen LogP contribution in [-0.2, 0) is 113 Å². The van der Waals surface area contributed by atoms with Crippen molar-refractivity contribution in [3.63, 3.8) is 0 Å². The number of Topliss-reactive ketones (excluding diaryl/α,β-unsaturated/α-hetero) is 7. The fourth-order valence-corrected chi connectivity index (χ4v) is 15.3. The number of hydrogen-bond acceptors (Lipinski definition) is 29. The molecule has 0 saturated carbocycles. The lowest BCUT2D eigenvalue weighted by Gasteiger charge is -2.08. The Kier molecular flexibility index (Phi) is 57.9. The number of aromatic nitrogens is 8. The summed E-state index contributed by atoms with van der Waals surface area (Å²) in [5, 5.41) is 36.3.